The Morgan fingerprint density at radius 1 is 1.59 bits per heavy atom. The van der Waals surface area contributed by atoms with Crippen LogP contribution in [0.5, 0.6) is 5.75 Å². The first-order valence-electron chi connectivity index (χ1n) is 4.45. The van der Waals surface area contributed by atoms with Crippen molar-refractivity contribution >= 4 is 5.97 Å². The number of carboxylic acid groups (broad SMARTS) is 1. The number of nitrogens with zero attached hydrogens (tertiary/aromatic N) is 1. The summed E-state index contributed by atoms with van der Waals surface area (Å²) >= 11 is 0. The predicted molar refractivity (Wildman–Crippen MR) is 52.6 cm³/mol. The molecule has 0 aromatic heterocycles. The highest BCUT2D eigenvalue weighted by atomic mass is 19.3. The fourth-order valence-corrected chi connectivity index (χ4v) is 1.33. The molecule has 90 valence electrons. The Morgan fingerprint density at radius 3 is 2.65 bits per heavy atom. The Kier molecular flexibility index (Phi) is 3.96. The Morgan fingerprint density at radius 2 is 2.24 bits per heavy atom. The van der Waals surface area contributed by atoms with Gasteiger partial charge in [-0.2, -0.15) is 14.0 Å². The van der Waals surface area contributed by atoms with Crippen LogP contribution in [0.3, 0.4) is 0 Å². The Labute approximate surface area is 95.0 Å². The molecule has 0 bridgehead atoms. The predicted octanol–water partition coefficient (Wildman–Crippen LogP) is 1.32. The molecular formula is C10H8F2N2O3. The number of nitriles is 1. The molecule has 1 aromatic carbocycles. The molecule has 1 aromatic rings. The number of benzene rings is 1. The second-order valence-electron chi connectivity index (χ2n) is 2.98. The maximum Gasteiger partial charge on any atom is 0.387 e. The number of rotatable bonds is 4. The smallest absolute Gasteiger partial charge is 0.387 e. The lowest BCUT2D eigenvalue weighted by Gasteiger charge is -2.12. The van der Waals surface area contributed by atoms with Crippen LogP contribution in [0, 0.1) is 11.3 Å². The number of nitrogens with two attached hydrogens (primary N) is 1. The number of hydrogen-bond acceptors (Lipinski definition) is 4. The van der Waals surface area contributed by atoms with Crippen molar-refractivity contribution in [1.29, 1.82) is 5.26 Å². The highest BCUT2D eigenvalue weighted by Gasteiger charge is 2.22. The lowest BCUT2D eigenvalue weighted by molar-refractivity contribution is -0.0505. The van der Waals surface area contributed by atoms with Crippen LogP contribution in [0.25, 0.3) is 0 Å². The van der Waals surface area contributed by atoms with Crippen molar-refractivity contribution in [3.05, 3.63) is 28.8 Å². The molecule has 5 nitrogen and oxygen atoms in total. The van der Waals surface area contributed by atoms with E-state index in [0.29, 0.717) is 0 Å². The zero-order chi connectivity index (χ0) is 13.0. The number of alkyl halides is 2. The third kappa shape index (κ3) is 2.68. The normalized spacial score (nSPS) is 10.1. The summed E-state index contributed by atoms with van der Waals surface area (Å²) in [6, 6.07) is 4.06. The van der Waals surface area contributed by atoms with Gasteiger partial charge in [-0.25, -0.2) is 4.79 Å². The van der Waals surface area contributed by atoms with Crippen molar-refractivity contribution in [2.75, 3.05) is 0 Å². The molecule has 0 saturated carbocycles. The van der Waals surface area contributed by atoms with E-state index in [9.17, 15) is 13.6 Å². The molecular weight excluding hydrogens is 234 g/mol. The minimum absolute atomic E-state index is 0.118. The minimum Gasteiger partial charge on any atom is -0.478 e. The van der Waals surface area contributed by atoms with Gasteiger partial charge in [0, 0.05) is 6.54 Å². The summed E-state index contributed by atoms with van der Waals surface area (Å²) < 4.78 is 28.4. The van der Waals surface area contributed by atoms with Crippen LogP contribution >= 0.6 is 0 Å². The van der Waals surface area contributed by atoms with E-state index in [2.05, 4.69) is 4.74 Å². The van der Waals surface area contributed by atoms with E-state index in [-0.39, 0.29) is 17.7 Å². The molecule has 3 N–H and O–H groups in total. The fraction of sp³-hybridized carbons (Fsp3) is 0.200. The maximum absolute atomic E-state index is 12.2. The van der Waals surface area contributed by atoms with E-state index in [0.717, 1.165) is 0 Å². The van der Waals surface area contributed by atoms with Gasteiger partial charge in [-0.3, -0.25) is 0 Å². The van der Waals surface area contributed by atoms with Gasteiger partial charge < -0.3 is 15.6 Å². The van der Waals surface area contributed by atoms with Crippen molar-refractivity contribution in [3.8, 4) is 11.8 Å². The van der Waals surface area contributed by atoms with Gasteiger partial charge >= 0.3 is 12.6 Å². The van der Waals surface area contributed by atoms with E-state index in [1.54, 1.807) is 6.07 Å². The monoisotopic (exact) mass is 242 g/mol. The molecule has 0 saturated heterocycles. The number of carboxylic acids is 1. The van der Waals surface area contributed by atoms with E-state index < -0.39 is 23.9 Å². The lowest BCUT2D eigenvalue weighted by Crippen LogP contribution is -2.13. The van der Waals surface area contributed by atoms with Crippen molar-refractivity contribution < 1.29 is 23.4 Å². The first kappa shape index (κ1) is 12.9. The molecule has 17 heavy (non-hydrogen) atoms. The molecule has 1 rings (SSSR count). The lowest BCUT2D eigenvalue weighted by atomic mass is 10.0. The Hall–Kier alpha value is -2.20. The van der Waals surface area contributed by atoms with E-state index in [4.69, 9.17) is 16.1 Å². The van der Waals surface area contributed by atoms with Crippen molar-refractivity contribution in [1.82, 2.24) is 0 Å². The zero-order valence-electron chi connectivity index (χ0n) is 8.48. The molecule has 0 heterocycles. The summed E-state index contributed by atoms with van der Waals surface area (Å²) in [4.78, 5) is 11.0. The third-order valence-electron chi connectivity index (χ3n) is 2.01. The molecule has 0 aliphatic carbocycles. The highest BCUT2D eigenvalue weighted by molar-refractivity contribution is 5.93. The topological polar surface area (TPSA) is 96.3 Å². The number of ether oxygens (including phenoxy) is 1. The second-order valence-corrected chi connectivity index (χ2v) is 2.98. The summed E-state index contributed by atoms with van der Waals surface area (Å²) in [5.74, 6) is -2.13. The Bertz CT molecular complexity index is 483. The quantitative estimate of drug-likeness (QED) is 0.829. The van der Waals surface area contributed by atoms with Gasteiger partial charge in [0.2, 0.25) is 0 Å². The number of halogens is 2. The summed E-state index contributed by atoms with van der Waals surface area (Å²) in [6.07, 6.45) is 0. The van der Waals surface area contributed by atoms with Gasteiger partial charge in [0.05, 0.1) is 5.56 Å². The largest absolute Gasteiger partial charge is 0.478 e. The minimum atomic E-state index is -3.21. The van der Waals surface area contributed by atoms with E-state index in [1.807, 2.05) is 0 Å². The summed E-state index contributed by atoms with van der Waals surface area (Å²) in [7, 11) is 0. The average molecular weight is 242 g/mol. The van der Waals surface area contributed by atoms with Crippen LogP contribution < -0.4 is 10.5 Å². The van der Waals surface area contributed by atoms with Gasteiger partial charge in [0.1, 0.15) is 11.6 Å². The summed E-state index contributed by atoms with van der Waals surface area (Å²) in [6.45, 7) is -3.37. The molecule has 0 amide bonds. The van der Waals surface area contributed by atoms with Crippen molar-refractivity contribution in [2.24, 2.45) is 5.73 Å². The molecule has 0 unspecified atom stereocenters. The van der Waals surface area contributed by atoms with Crippen molar-refractivity contribution in [2.45, 2.75) is 13.2 Å². The number of hydrogen-bond donors (Lipinski definition) is 2. The van der Waals surface area contributed by atoms with Crippen LogP contribution in [0.1, 0.15) is 21.5 Å². The van der Waals surface area contributed by atoms with Gasteiger partial charge in [-0.15, -0.1) is 0 Å². The standard InChI is InChI=1S/C10H8F2N2O3/c11-10(12)17-8-6(4-14)2-1-5(3-13)7(8)9(15)16/h1-2,10H,3,13H2,(H,15,16). The number of aromatic carboxylic acids is 1. The zero-order valence-corrected chi connectivity index (χ0v) is 8.48. The third-order valence-corrected chi connectivity index (χ3v) is 2.01. The highest BCUT2D eigenvalue weighted by Crippen LogP contribution is 2.28. The fourth-order valence-electron chi connectivity index (χ4n) is 1.33. The van der Waals surface area contributed by atoms with Crippen LogP contribution in [-0.2, 0) is 6.54 Å². The van der Waals surface area contributed by atoms with E-state index in [1.165, 1.54) is 12.1 Å². The van der Waals surface area contributed by atoms with Gasteiger partial charge in [-0.1, -0.05) is 6.07 Å². The van der Waals surface area contributed by atoms with Crippen LogP contribution in [0.4, 0.5) is 8.78 Å². The van der Waals surface area contributed by atoms with E-state index >= 15 is 0 Å². The summed E-state index contributed by atoms with van der Waals surface area (Å²) in [5, 5.41) is 17.6. The molecule has 0 aliphatic heterocycles. The SMILES string of the molecule is N#Cc1ccc(CN)c(C(=O)O)c1OC(F)F. The van der Waals surface area contributed by atoms with Crippen LogP contribution in [0.15, 0.2) is 12.1 Å². The summed E-state index contributed by atoms with van der Waals surface area (Å²) in [5.41, 5.74) is 4.62. The van der Waals surface area contributed by atoms with Crippen LogP contribution in [-0.4, -0.2) is 17.7 Å². The molecule has 0 spiro atoms. The van der Waals surface area contributed by atoms with Gasteiger partial charge in [-0.05, 0) is 11.6 Å². The van der Waals surface area contributed by atoms with Gasteiger partial charge in [0.25, 0.3) is 0 Å². The second kappa shape index (κ2) is 5.23. The molecule has 7 heteroatoms. The van der Waals surface area contributed by atoms with Gasteiger partial charge in [0.15, 0.2) is 5.75 Å². The molecule has 0 fully saturated rings. The Balaban J connectivity index is 3.48. The first-order chi connectivity index (χ1) is 8.01. The van der Waals surface area contributed by atoms with Crippen LogP contribution in [0.2, 0.25) is 0 Å². The number of carbonyl (C=O) groups is 1. The van der Waals surface area contributed by atoms with Crippen molar-refractivity contribution in [3.63, 3.8) is 0 Å². The molecule has 0 aliphatic rings. The molecule has 0 atom stereocenters. The average Bonchev–Trinajstić information content (AvgIpc) is 2.27. The maximum atomic E-state index is 12.2. The molecule has 0 radical (unpaired) electrons. The first-order valence-corrected chi connectivity index (χ1v) is 4.45.